The van der Waals surface area contributed by atoms with E-state index in [9.17, 15) is 0 Å². The van der Waals surface area contributed by atoms with Crippen LogP contribution in [0.2, 0.25) is 0 Å². The van der Waals surface area contributed by atoms with Crippen molar-refractivity contribution in [2.24, 2.45) is 0 Å². The van der Waals surface area contributed by atoms with Crippen molar-refractivity contribution >= 4 is 45.2 Å². The van der Waals surface area contributed by atoms with Crippen molar-refractivity contribution in [2.75, 3.05) is 18.0 Å². The molecule has 3 heteroatoms. The van der Waals surface area contributed by atoms with Crippen LogP contribution in [0.5, 0.6) is 0 Å². The molecule has 0 saturated heterocycles. The van der Waals surface area contributed by atoms with Gasteiger partial charge in [0, 0.05) is 8.35 Å². The van der Waals surface area contributed by atoms with E-state index in [4.69, 9.17) is 0 Å². The minimum absolute atomic E-state index is 0.868. The Balaban J connectivity index is 2.95. The molecule has 0 radical (unpaired) electrons. The molecule has 1 nitrogen and oxygen atoms in total. The molecular weight excluding hydrogens is 340 g/mol. The van der Waals surface area contributed by atoms with Gasteiger partial charge in [0.2, 0.25) is 0 Å². The van der Waals surface area contributed by atoms with Gasteiger partial charge in [-0.05, 0) is 26.4 Å². The predicted molar refractivity (Wildman–Crippen MR) is 59.9 cm³/mol. The lowest BCUT2D eigenvalue weighted by Crippen LogP contribution is -2.12. The van der Waals surface area contributed by atoms with Crippen LogP contribution in [-0.4, -0.2) is 21.9 Å². The number of rotatable bonds is 5. The number of halogens is 2. The summed E-state index contributed by atoms with van der Waals surface area (Å²) in [6, 6.07) is 0. The van der Waals surface area contributed by atoms with Crippen LogP contribution in [0.3, 0.4) is 0 Å². The van der Waals surface area contributed by atoms with Crippen molar-refractivity contribution < 1.29 is 0 Å². The summed E-state index contributed by atoms with van der Waals surface area (Å²) in [6.45, 7) is 1.16. The van der Waals surface area contributed by atoms with Gasteiger partial charge in [-0.3, -0.25) is 0 Å². The molecule has 0 saturated carbocycles. The molecule has 0 spiro atoms. The highest BCUT2D eigenvalue weighted by Gasteiger charge is 1.99. The predicted octanol–water partition coefficient (Wildman–Crippen LogP) is 2.22. The van der Waals surface area contributed by atoms with Gasteiger partial charge in [-0.25, -0.2) is 0 Å². The Hall–Kier alpha value is 1.42. The van der Waals surface area contributed by atoms with Gasteiger partial charge in [-0.2, -0.15) is 0 Å². The summed E-state index contributed by atoms with van der Waals surface area (Å²) in [6.07, 6.45) is 2.66. The molecule has 0 amide bonds. The van der Waals surface area contributed by atoms with E-state index in [1.54, 1.807) is 0 Å². The molecule has 0 bridgehead atoms. The van der Waals surface area contributed by atoms with Gasteiger partial charge < -0.3 is 5.32 Å². The van der Waals surface area contributed by atoms with Gasteiger partial charge in [-0.15, -0.1) is 0 Å². The summed E-state index contributed by atoms with van der Waals surface area (Å²) >= 11 is 4.95. The summed E-state index contributed by atoms with van der Waals surface area (Å²) in [5.41, 5.74) is 0. The number of alkyl halides is 2. The summed E-state index contributed by atoms with van der Waals surface area (Å²) in [5.74, 6) is 0. The van der Waals surface area contributed by atoms with Crippen LogP contribution >= 0.6 is 45.2 Å². The van der Waals surface area contributed by atoms with Crippen molar-refractivity contribution in [1.29, 1.82) is 0 Å². The largest absolute Gasteiger partial charge is 0.320 e. The first-order valence-electron chi connectivity index (χ1n) is 3.16. The fourth-order valence-corrected chi connectivity index (χ4v) is 3.13. The van der Waals surface area contributed by atoms with E-state index in [0.29, 0.717) is 0 Å². The second-order valence-electron chi connectivity index (χ2n) is 1.97. The highest BCUT2D eigenvalue weighted by atomic mass is 127. The van der Waals surface area contributed by atoms with Crippen LogP contribution in [0.4, 0.5) is 0 Å². The highest BCUT2D eigenvalue weighted by molar-refractivity contribution is 14.1. The van der Waals surface area contributed by atoms with Crippen LogP contribution in [0.15, 0.2) is 0 Å². The Kier molecular flexibility index (Phi) is 8.71. The minimum atomic E-state index is 0.868. The molecule has 0 aromatic rings. The van der Waals surface area contributed by atoms with Gasteiger partial charge in [0.25, 0.3) is 0 Å². The molecule has 0 aromatic carbocycles. The third-order valence-corrected chi connectivity index (χ3v) is 3.00. The normalized spacial score (nSPS) is 13.7. The zero-order chi connectivity index (χ0) is 7.11. The topological polar surface area (TPSA) is 12.0 Å². The van der Waals surface area contributed by atoms with Gasteiger partial charge in [-0.1, -0.05) is 45.2 Å². The molecule has 0 aliphatic rings. The van der Waals surface area contributed by atoms with Gasteiger partial charge in [0.15, 0.2) is 0 Å². The summed E-state index contributed by atoms with van der Waals surface area (Å²) in [5, 5.41) is 3.15. The molecule has 0 aliphatic heterocycles. The van der Waals surface area contributed by atoms with Crippen LogP contribution in [0.1, 0.15) is 12.8 Å². The Morgan fingerprint density at radius 3 is 2.56 bits per heavy atom. The maximum atomic E-state index is 3.15. The average Bonchev–Trinajstić information content (AvgIpc) is 1.85. The molecule has 1 unspecified atom stereocenters. The number of hydrogen-bond donors (Lipinski definition) is 1. The maximum Gasteiger partial charge on any atom is 0.0129 e. The molecule has 56 valence electrons. The van der Waals surface area contributed by atoms with E-state index in [1.807, 2.05) is 7.05 Å². The molecule has 0 aliphatic carbocycles. The Morgan fingerprint density at radius 1 is 1.44 bits per heavy atom. The maximum absolute atomic E-state index is 3.15. The lowest BCUT2D eigenvalue weighted by molar-refractivity contribution is 0.700. The SMILES string of the molecule is CNCCC(I)CCI. The first-order chi connectivity index (χ1) is 4.31. The minimum Gasteiger partial charge on any atom is -0.320 e. The molecule has 0 rings (SSSR count). The number of nitrogens with one attached hydrogen (secondary N) is 1. The molecule has 0 heterocycles. The van der Waals surface area contributed by atoms with E-state index in [2.05, 4.69) is 50.5 Å². The third kappa shape index (κ3) is 7.32. The molecule has 9 heavy (non-hydrogen) atoms. The van der Waals surface area contributed by atoms with Crippen molar-refractivity contribution in [3.05, 3.63) is 0 Å². The van der Waals surface area contributed by atoms with Gasteiger partial charge in [0.1, 0.15) is 0 Å². The fourth-order valence-electron chi connectivity index (χ4n) is 0.564. The van der Waals surface area contributed by atoms with Crippen LogP contribution < -0.4 is 5.32 Å². The van der Waals surface area contributed by atoms with Crippen molar-refractivity contribution in [2.45, 2.75) is 16.8 Å². The Morgan fingerprint density at radius 2 is 2.11 bits per heavy atom. The first-order valence-corrected chi connectivity index (χ1v) is 5.93. The van der Waals surface area contributed by atoms with Crippen LogP contribution in [0.25, 0.3) is 0 Å². The quantitative estimate of drug-likeness (QED) is 0.591. The fraction of sp³-hybridized carbons (Fsp3) is 1.00. The summed E-state index contributed by atoms with van der Waals surface area (Å²) in [7, 11) is 2.01. The molecule has 1 atom stereocenters. The molecule has 0 aromatic heterocycles. The van der Waals surface area contributed by atoms with E-state index in [0.717, 1.165) is 10.5 Å². The first kappa shape index (κ1) is 10.4. The van der Waals surface area contributed by atoms with Crippen molar-refractivity contribution in [3.63, 3.8) is 0 Å². The zero-order valence-electron chi connectivity index (χ0n) is 5.66. The van der Waals surface area contributed by atoms with Crippen LogP contribution in [0, 0.1) is 0 Å². The van der Waals surface area contributed by atoms with Gasteiger partial charge in [0.05, 0.1) is 0 Å². The standard InChI is InChI=1S/C6H13I2N/c1-9-5-3-6(8)2-4-7/h6,9H,2-5H2,1H3. The lowest BCUT2D eigenvalue weighted by Gasteiger charge is -2.05. The summed E-state index contributed by atoms with van der Waals surface area (Å²) in [4.78, 5) is 0. The smallest absolute Gasteiger partial charge is 0.0129 e. The monoisotopic (exact) mass is 353 g/mol. The Labute approximate surface area is 84.6 Å². The third-order valence-electron chi connectivity index (χ3n) is 1.13. The average molecular weight is 353 g/mol. The van der Waals surface area contributed by atoms with E-state index in [1.165, 1.54) is 17.3 Å². The van der Waals surface area contributed by atoms with E-state index >= 15 is 0 Å². The van der Waals surface area contributed by atoms with Gasteiger partial charge >= 0.3 is 0 Å². The second kappa shape index (κ2) is 7.53. The van der Waals surface area contributed by atoms with Crippen LogP contribution in [-0.2, 0) is 0 Å². The number of hydrogen-bond acceptors (Lipinski definition) is 1. The van der Waals surface area contributed by atoms with Crippen molar-refractivity contribution in [1.82, 2.24) is 5.32 Å². The second-order valence-corrected chi connectivity index (χ2v) is 4.81. The molecule has 0 fully saturated rings. The summed E-state index contributed by atoms with van der Waals surface area (Å²) < 4.78 is 2.15. The Bertz CT molecular complexity index is 59.0. The molecular formula is C6H13I2N. The lowest BCUT2D eigenvalue weighted by atomic mass is 10.2. The zero-order valence-corrected chi connectivity index (χ0v) is 9.98. The van der Waals surface area contributed by atoms with Crippen molar-refractivity contribution in [3.8, 4) is 0 Å². The van der Waals surface area contributed by atoms with E-state index in [-0.39, 0.29) is 0 Å². The van der Waals surface area contributed by atoms with E-state index < -0.39 is 0 Å². The molecule has 1 N–H and O–H groups in total. The highest BCUT2D eigenvalue weighted by Crippen LogP contribution is 2.10.